The summed E-state index contributed by atoms with van der Waals surface area (Å²) in [5.74, 6) is -9.87. The largest absolute Gasteiger partial charge is 0.560 e. The fraction of sp³-hybridized carbons (Fsp3) is 0. The van der Waals surface area contributed by atoms with Crippen LogP contribution in [0.15, 0.2) is 0 Å². The summed E-state index contributed by atoms with van der Waals surface area (Å²) in [7, 11) is 0. The van der Waals surface area contributed by atoms with Crippen molar-refractivity contribution in [2.75, 3.05) is 0 Å². The number of carbonyl (C=O) groups excluding carboxylic acids is 1. The Morgan fingerprint density at radius 3 is 1.05 bits per heavy atom. The van der Waals surface area contributed by atoms with Gasteiger partial charge < -0.3 is 40.9 Å². The van der Waals surface area contributed by atoms with Crippen molar-refractivity contribution >= 4 is 6.16 Å². The first-order chi connectivity index (χ1) is 10.2. The van der Waals surface area contributed by atoms with Crippen LogP contribution in [0.4, 0.5) is 4.79 Å². The maximum Gasteiger partial charge on any atom is 0.560 e. The molecule has 8 N–H and O–H groups in total. The van der Waals surface area contributed by atoms with E-state index in [4.69, 9.17) is 20.4 Å². The van der Waals surface area contributed by atoms with Gasteiger partial charge in [0.05, 0.1) is 0 Å². The van der Waals surface area contributed by atoms with Crippen molar-refractivity contribution in [3.63, 3.8) is 0 Å². The molecule has 0 amide bonds. The van der Waals surface area contributed by atoms with E-state index in [-0.39, 0.29) is 9.46 Å². The Morgan fingerprint density at radius 1 is 0.591 bits per heavy atom. The lowest BCUT2D eigenvalue weighted by Gasteiger charge is -2.07. The summed E-state index contributed by atoms with van der Waals surface area (Å²) < 4.78 is -0.297. The smallest absolute Gasteiger partial charge is 0.500 e. The molecule has 0 saturated heterocycles. The van der Waals surface area contributed by atoms with Crippen LogP contribution in [0.25, 0.3) is 0 Å². The average molecular weight is 320 g/mol. The van der Waals surface area contributed by atoms with Crippen LogP contribution in [0, 0.1) is 0 Å². The topological polar surface area (TPSA) is 207 Å². The molecule has 2 heterocycles. The molecule has 120 valence electrons. The van der Waals surface area contributed by atoms with Crippen LogP contribution in [0.1, 0.15) is 0 Å². The summed E-state index contributed by atoms with van der Waals surface area (Å²) in [6, 6.07) is 0. The van der Waals surface area contributed by atoms with Crippen LogP contribution in [0.3, 0.4) is 0 Å². The van der Waals surface area contributed by atoms with Gasteiger partial charge in [0, 0.05) is 0 Å². The molecular formula is C9H8N2O11. The first-order valence-corrected chi connectivity index (χ1v) is 5.16. The van der Waals surface area contributed by atoms with Crippen molar-refractivity contribution in [3.8, 4) is 46.5 Å². The molecule has 0 unspecified atom stereocenters. The molecule has 0 atom stereocenters. The Bertz CT molecular complexity index is 645. The van der Waals surface area contributed by atoms with E-state index in [0.717, 1.165) is 0 Å². The van der Waals surface area contributed by atoms with E-state index in [0.29, 0.717) is 0 Å². The molecule has 0 radical (unpaired) electrons. The minimum Gasteiger partial charge on any atom is -0.500 e. The Labute approximate surface area is 118 Å². The van der Waals surface area contributed by atoms with E-state index in [1.54, 1.807) is 0 Å². The Kier molecular flexibility index (Phi) is 3.10. The number of aromatic nitrogens is 2. The van der Waals surface area contributed by atoms with Gasteiger partial charge in [-0.25, -0.2) is 0 Å². The van der Waals surface area contributed by atoms with E-state index in [9.17, 15) is 25.2 Å². The van der Waals surface area contributed by atoms with Gasteiger partial charge in [0.1, 0.15) is 0 Å². The number of aromatic hydroxyl groups is 8. The number of hydrogen-bond donors (Lipinski definition) is 8. The van der Waals surface area contributed by atoms with Crippen LogP contribution >= 0.6 is 0 Å². The summed E-state index contributed by atoms with van der Waals surface area (Å²) in [6.07, 6.45) is -1.83. The highest BCUT2D eigenvalue weighted by atomic mass is 16.9. The maximum absolute atomic E-state index is 11.4. The van der Waals surface area contributed by atoms with Gasteiger partial charge in [-0.15, -0.1) is 0 Å². The third kappa shape index (κ3) is 1.92. The molecular weight excluding hydrogens is 312 g/mol. The van der Waals surface area contributed by atoms with Crippen molar-refractivity contribution in [3.05, 3.63) is 0 Å². The van der Waals surface area contributed by atoms with Crippen LogP contribution < -0.4 is 9.68 Å². The Morgan fingerprint density at radius 2 is 0.818 bits per heavy atom. The lowest BCUT2D eigenvalue weighted by atomic mass is 10.5. The summed E-state index contributed by atoms with van der Waals surface area (Å²) >= 11 is 0. The summed E-state index contributed by atoms with van der Waals surface area (Å²) in [5.41, 5.74) is 0. The average Bonchev–Trinajstić information content (AvgIpc) is 2.77. The number of nitrogens with zero attached hydrogens (tertiary/aromatic N) is 2. The third-order valence-corrected chi connectivity index (χ3v) is 2.40. The Hall–Kier alpha value is -3.77. The number of rotatable bonds is 2. The van der Waals surface area contributed by atoms with Crippen molar-refractivity contribution in [2.24, 2.45) is 0 Å². The zero-order valence-electron chi connectivity index (χ0n) is 10.2. The van der Waals surface area contributed by atoms with Gasteiger partial charge >= 0.3 is 6.16 Å². The van der Waals surface area contributed by atoms with Gasteiger partial charge in [0.25, 0.3) is 23.5 Å². The Balaban J connectivity index is 2.26. The second kappa shape index (κ2) is 4.65. The van der Waals surface area contributed by atoms with Gasteiger partial charge in [0.15, 0.2) is 0 Å². The molecule has 0 aliphatic rings. The minimum absolute atomic E-state index is 0.149. The van der Waals surface area contributed by atoms with Crippen molar-refractivity contribution in [1.82, 2.24) is 9.46 Å². The van der Waals surface area contributed by atoms with Crippen LogP contribution in [-0.4, -0.2) is 56.5 Å². The van der Waals surface area contributed by atoms with Gasteiger partial charge in [-0.1, -0.05) is 9.46 Å². The van der Waals surface area contributed by atoms with Crippen LogP contribution in [0.2, 0.25) is 0 Å². The molecule has 0 aliphatic heterocycles. The van der Waals surface area contributed by atoms with E-state index in [2.05, 4.69) is 9.68 Å². The second-order valence-corrected chi connectivity index (χ2v) is 3.71. The highest BCUT2D eigenvalue weighted by molar-refractivity contribution is 5.64. The zero-order valence-corrected chi connectivity index (χ0v) is 10.2. The summed E-state index contributed by atoms with van der Waals surface area (Å²) in [5, 5.41) is 73.3. The molecule has 2 rings (SSSR count). The molecule has 0 saturated carbocycles. The quantitative estimate of drug-likeness (QED) is 0.323. The highest BCUT2D eigenvalue weighted by Gasteiger charge is 2.28. The van der Waals surface area contributed by atoms with E-state index in [1.165, 1.54) is 0 Å². The fourth-order valence-corrected chi connectivity index (χ4v) is 1.35. The van der Waals surface area contributed by atoms with E-state index in [1.807, 2.05) is 0 Å². The van der Waals surface area contributed by atoms with E-state index >= 15 is 0 Å². The van der Waals surface area contributed by atoms with Gasteiger partial charge in [-0.2, -0.15) is 4.79 Å². The van der Waals surface area contributed by atoms with Crippen molar-refractivity contribution in [1.29, 1.82) is 0 Å². The molecule has 2 aromatic heterocycles. The standard InChI is InChI=1S/C9H8N2O11/c12-1-2(13)6(17)10(5(1)16)21-9(20)22-11-7(18)3(14)4(15)8(11)19/h12-19H. The molecule has 13 nitrogen and oxygen atoms in total. The fourth-order valence-electron chi connectivity index (χ4n) is 1.35. The summed E-state index contributed by atoms with van der Waals surface area (Å²) in [4.78, 5) is 19.7. The molecule has 0 fully saturated rings. The van der Waals surface area contributed by atoms with Crippen LogP contribution in [-0.2, 0) is 0 Å². The normalized spacial score (nSPS) is 10.5. The van der Waals surface area contributed by atoms with Gasteiger partial charge in [0.2, 0.25) is 23.0 Å². The first-order valence-electron chi connectivity index (χ1n) is 5.16. The SMILES string of the molecule is O=C(On1c(O)c(O)c(O)c1O)On1c(O)c(O)c(O)c1O. The lowest BCUT2D eigenvalue weighted by molar-refractivity contribution is 0.0191. The predicted octanol–water partition coefficient (Wildman–Crippen LogP) is -1.39. The monoisotopic (exact) mass is 320 g/mol. The molecule has 2 aromatic rings. The van der Waals surface area contributed by atoms with Crippen LogP contribution in [0.5, 0.6) is 46.5 Å². The maximum atomic E-state index is 11.4. The van der Waals surface area contributed by atoms with Gasteiger partial charge in [-0.3, -0.25) is 9.68 Å². The minimum atomic E-state index is -1.83. The molecule has 0 spiro atoms. The molecule has 0 aromatic carbocycles. The lowest BCUT2D eigenvalue weighted by Crippen LogP contribution is -2.28. The second-order valence-electron chi connectivity index (χ2n) is 3.71. The summed E-state index contributed by atoms with van der Waals surface area (Å²) in [6.45, 7) is 0. The molecule has 22 heavy (non-hydrogen) atoms. The predicted molar refractivity (Wildman–Crippen MR) is 60.7 cm³/mol. The highest BCUT2D eigenvalue weighted by Crippen LogP contribution is 2.45. The van der Waals surface area contributed by atoms with Gasteiger partial charge in [-0.05, 0) is 0 Å². The molecule has 0 aliphatic carbocycles. The number of hydrogen-bond acceptors (Lipinski definition) is 11. The zero-order chi connectivity index (χ0) is 16.8. The van der Waals surface area contributed by atoms with E-state index < -0.39 is 52.7 Å². The molecule has 0 bridgehead atoms. The third-order valence-electron chi connectivity index (χ3n) is 2.40. The molecule has 13 heteroatoms. The first kappa shape index (κ1) is 14.6. The van der Waals surface area contributed by atoms with Crippen molar-refractivity contribution in [2.45, 2.75) is 0 Å². The van der Waals surface area contributed by atoms with Crippen molar-refractivity contribution < 1.29 is 55.3 Å². The number of carbonyl (C=O) groups is 1.